The summed E-state index contributed by atoms with van der Waals surface area (Å²) in [6.07, 6.45) is 0. The largest absolute Gasteiger partial charge is 0.235 e. The minimum absolute atomic E-state index is 0.0245. The van der Waals surface area contributed by atoms with Crippen LogP contribution in [0.25, 0.3) is 4.85 Å². The van der Waals surface area contributed by atoms with E-state index in [4.69, 9.17) is 6.57 Å². The topological polar surface area (TPSA) is 4.36 Å². The highest BCUT2D eigenvalue weighted by atomic mass is 79.9. The molecule has 0 fully saturated rings. The van der Waals surface area contributed by atoms with E-state index in [1.807, 2.05) is 0 Å². The summed E-state index contributed by atoms with van der Waals surface area (Å²) in [5, 5.41) is 0. The van der Waals surface area contributed by atoms with Gasteiger partial charge in [-0.3, -0.25) is 0 Å². The van der Waals surface area contributed by atoms with Gasteiger partial charge in [0.05, 0.1) is 6.57 Å². The number of nitrogens with zero attached hydrogens (tertiary/aromatic N) is 1. The number of rotatable bonds is 0. The predicted molar refractivity (Wildman–Crippen MR) is 40.3 cm³/mol. The molecule has 0 saturated carbocycles. The van der Waals surface area contributed by atoms with Gasteiger partial charge in [-0.15, -0.1) is 0 Å². The molecule has 0 N–H and O–H groups in total. The van der Waals surface area contributed by atoms with Crippen molar-refractivity contribution >= 4 is 21.6 Å². The lowest BCUT2D eigenvalue weighted by Gasteiger charge is -1.96. The predicted octanol–water partition coefficient (Wildman–Crippen LogP) is 3.28. The molecule has 1 nitrogen and oxygen atoms in total. The molecular formula is C7H2BrF2N. The van der Waals surface area contributed by atoms with Gasteiger partial charge in [0, 0.05) is 4.47 Å². The lowest BCUT2D eigenvalue weighted by atomic mass is 10.3. The van der Waals surface area contributed by atoms with E-state index in [-0.39, 0.29) is 10.2 Å². The maximum atomic E-state index is 12.8. The average Bonchev–Trinajstić information content (AvgIpc) is 1.96. The first-order chi connectivity index (χ1) is 5.15. The molecule has 4 heteroatoms. The SMILES string of the molecule is [C-]#[N+]c1cc(F)cc(Br)c1F. The van der Waals surface area contributed by atoms with Crippen molar-refractivity contribution in [1.82, 2.24) is 0 Å². The first-order valence-corrected chi connectivity index (χ1v) is 3.46. The lowest BCUT2D eigenvalue weighted by Crippen LogP contribution is -1.80. The lowest BCUT2D eigenvalue weighted by molar-refractivity contribution is 0.599. The molecule has 0 radical (unpaired) electrons. The third-order valence-corrected chi connectivity index (χ3v) is 1.67. The second-order valence-corrected chi connectivity index (χ2v) is 2.69. The standard InChI is InChI=1S/C7H2BrF2N/c1-11-6-3-4(9)2-5(8)7(6)10/h2-3H. The minimum Gasteiger partial charge on any atom is -0.235 e. The quantitative estimate of drug-likeness (QED) is 0.464. The second kappa shape index (κ2) is 2.97. The van der Waals surface area contributed by atoms with Crippen LogP contribution < -0.4 is 0 Å². The van der Waals surface area contributed by atoms with Crippen LogP contribution in [-0.4, -0.2) is 0 Å². The molecule has 0 amide bonds. The smallest absolute Gasteiger partial charge is 0.226 e. The molecule has 1 aromatic carbocycles. The van der Waals surface area contributed by atoms with Gasteiger partial charge < -0.3 is 0 Å². The Hall–Kier alpha value is -0.950. The van der Waals surface area contributed by atoms with E-state index in [1.54, 1.807) is 0 Å². The van der Waals surface area contributed by atoms with Crippen LogP contribution in [0.15, 0.2) is 16.6 Å². The summed E-state index contributed by atoms with van der Waals surface area (Å²) >= 11 is 2.78. The van der Waals surface area contributed by atoms with E-state index in [9.17, 15) is 8.78 Å². The van der Waals surface area contributed by atoms with Crippen LogP contribution in [0.3, 0.4) is 0 Å². The van der Waals surface area contributed by atoms with Crippen LogP contribution >= 0.6 is 15.9 Å². The van der Waals surface area contributed by atoms with E-state index in [0.717, 1.165) is 12.1 Å². The zero-order valence-electron chi connectivity index (χ0n) is 5.24. The molecule has 1 rings (SSSR count). The van der Waals surface area contributed by atoms with E-state index < -0.39 is 11.6 Å². The maximum absolute atomic E-state index is 12.8. The fourth-order valence-electron chi connectivity index (χ4n) is 0.624. The maximum Gasteiger partial charge on any atom is 0.226 e. The summed E-state index contributed by atoms with van der Waals surface area (Å²) in [7, 11) is 0. The fourth-order valence-corrected chi connectivity index (χ4v) is 1.05. The van der Waals surface area contributed by atoms with Crippen molar-refractivity contribution in [3.8, 4) is 0 Å². The van der Waals surface area contributed by atoms with Gasteiger partial charge in [-0.2, -0.15) is 0 Å². The van der Waals surface area contributed by atoms with Gasteiger partial charge in [0.15, 0.2) is 0 Å². The molecule has 1 aromatic rings. The van der Waals surface area contributed by atoms with E-state index in [1.165, 1.54) is 0 Å². The summed E-state index contributed by atoms with van der Waals surface area (Å²) in [5.74, 6) is -1.34. The Morgan fingerprint density at radius 3 is 2.55 bits per heavy atom. The average molecular weight is 218 g/mol. The first kappa shape index (κ1) is 8.15. The van der Waals surface area contributed by atoms with Gasteiger partial charge >= 0.3 is 0 Å². The van der Waals surface area contributed by atoms with Crippen molar-refractivity contribution in [1.29, 1.82) is 0 Å². The number of halogens is 3. The van der Waals surface area contributed by atoms with Crippen LogP contribution in [-0.2, 0) is 0 Å². The molecule has 0 unspecified atom stereocenters. The molecule has 0 aliphatic rings. The van der Waals surface area contributed by atoms with Crippen LogP contribution in [0.2, 0.25) is 0 Å². The molecule has 0 bridgehead atoms. The molecule has 0 spiro atoms. The van der Waals surface area contributed by atoms with Gasteiger partial charge in [-0.1, -0.05) is 0 Å². The summed E-state index contributed by atoms with van der Waals surface area (Å²) in [6.45, 7) is 6.48. The highest BCUT2D eigenvalue weighted by molar-refractivity contribution is 9.10. The van der Waals surface area contributed by atoms with E-state index in [0.29, 0.717) is 0 Å². The molecule has 0 aromatic heterocycles. The monoisotopic (exact) mass is 217 g/mol. The van der Waals surface area contributed by atoms with E-state index >= 15 is 0 Å². The Kier molecular flexibility index (Phi) is 2.20. The van der Waals surface area contributed by atoms with Crippen molar-refractivity contribution in [3.05, 3.63) is 39.7 Å². The number of hydrogen-bond donors (Lipinski definition) is 0. The number of hydrogen-bond acceptors (Lipinski definition) is 0. The summed E-state index contributed by atoms with van der Waals surface area (Å²) < 4.78 is 25.2. The first-order valence-electron chi connectivity index (χ1n) is 2.67. The van der Waals surface area contributed by atoms with Crippen molar-refractivity contribution in [2.45, 2.75) is 0 Å². The van der Waals surface area contributed by atoms with Gasteiger partial charge in [0.1, 0.15) is 11.6 Å². The Labute approximate surface area is 70.6 Å². The molecular weight excluding hydrogens is 216 g/mol. The zero-order chi connectivity index (χ0) is 8.43. The Balaban J connectivity index is 3.39. The molecule has 0 saturated heterocycles. The zero-order valence-corrected chi connectivity index (χ0v) is 6.82. The molecule has 11 heavy (non-hydrogen) atoms. The molecule has 0 heterocycles. The Morgan fingerprint density at radius 1 is 1.36 bits per heavy atom. The molecule has 56 valence electrons. The van der Waals surface area contributed by atoms with Crippen LogP contribution in [0.5, 0.6) is 0 Å². The number of benzene rings is 1. The van der Waals surface area contributed by atoms with Gasteiger partial charge in [0.2, 0.25) is 5.69 Å². The van der Waals surface area contributed by atoms with Crippen molar-refractivity contribution < 1.29 is 8.78 Å². The summed E-state index contributed by atoms with van der Waals surface area (Å²) in [6, 6.07) is 1.83. The van der Waals surface area contributed by atoms with Crippen LogP contribution in [0.1, 0.15) is 0 Å². The van der Waals surface area contributed by atoms with Gasteiger partial charge in [-0.05, 0) is 28.1 Å². The Morgan fingerprint density at radius 2 is 2.00 bits per heavy atom. The highest BCUT2D eigenvalue weighted by Crippen LogP contribution is 2.26. The van der Waals surface area contributed by atoms with Gasteiger partial charge in [0.25, 0.3) is 0 Å². The molecule has 0 aliphatic carbocycles. The molecule has 0 aliphatic heterocycles. The van der Waals surface area contributed by atoms with Crippen molar-refractivity contribution in [2.75, 3.05) is 0 Å². The second-order valence-electron chi connectivity index (χ2n) is 1.83. The van der Waals surface area contributed by atoms with Crippen LogP contribution in [0.4, 0.5) is 14.5 Å². The third kappa shape index (κ3) is 1.55. The Bertz CT molecular complexity index is 330. The fraction of sp³-hybridized carbons (Fsp3) is 0. The highest BCUT2D eigenvalue weighted by Gasteiger charge is 2.07. The normalized spacial score (nSPS) is 9.27. The summed E-state index contributed by atoms with van der Waals surface area (Å²) in [5.41, 5.74) is -0.308. The minimum atomic E-state index is -0.721. The summed E-state index contributed by atoms with van der Waals surface area (Å²) in [4.78, 5) is 2.80. The van der Waals surface area contributed by atoms with E-state index in [2.05, 4.69) is 20.8 Å². The van der Waals surface area contributed by atoms with Crippen molar-refractivity contribution in [3.63, 3.8) is 0 Å². The molecule has 0 atom stereocenters. The third-order valence-electron chi connectivity index (χ3n) is 1.09. The van der Waals surface area contributed by atoms with Gasteiger partial charge in [-0.25, -0.2) is 13.6 Å². The van der Waals surface area contributed by atoms with Crippen molar-refractivity contribution in [2.24, 2.45) is 0 Å². The van der Waals surface area contributed by atoms with Crippen LogP contribution in [0, 0.1) is 18.2 Å².